The third-order valence-corrected chi connectivity index (χ3v) is 5.47. The Bertz CT molecular complexity index is 1630. The normalized spacial score (nSPS) is 12.3. The van der Waals surface area contributed by atoms with Crippen LogP contribution in [0.5, 0.6) is 0 Å². The van der Waals surface area contributed by atoms with Gasteiger partial charge in [-0.2, -0.15) is 13.2 Å². The molecule has 0 saturated carbocycles. The van der Waals surface area contributed by atoms with Gasteiger partial charge in [0.2, 0.25) is 0 Å². The number of halogens is 3. The van der Waals surface area contributed by atoms with Crippen molar-refractivity contribution in [3.8, 4) is 11.3 Å². The number of hydrogen-bond acceptors (Lipinski definition) is 3. The summed E-state index contributed by atoms with van der Waals surface area (Å²) in [5.74, 6) is 0. The fraction of sp³-hybridized carbons (Fsp3) is 0.136. The minimum Gasteiger partial charge on any atom is -0.303 e. The zero-order valence-corrected chi connectivity index (χ0v) is 16.4. The monoisotopic (exact) mass is 424 g/mol. The molecule has 0 unspecified atom stereocenters. The highest BCUT2D eigenvalue weighted by Crippen LogP contribution is 2.40. The van der Waals surface area contributed by atoms with Crippen molar-refractivity contribution in [2.75, 3.05) is 0 Å². The zero-order chi connectivity index (χ0) is 22.1. The smallest absolute Gasteiger partial charge is 0.303 e. The zero-order valence-electron chi connectivity index (χ0n) is 16.4. The van der Waals surface area contributed by atoms with Crippen LogP contribution in [-0.2, 0) is 20.3 Å². The van der Waals surface area contributed by atoms with Crippen LogP contribution in [0.2, 0.25) is 0 Å². The van der Waals surface area contributed by atoms with Crippen LogP contribution in [0.25, 0.3) is 38.7 Å². The van der Waals surface area contributed by atoms with Gasteiger partial charge in [-0.3, -0.25) is 13.9 Å². The molecular formula is C22H15F3N4O2. The third-order valence-electron chi connectivity index (χ3n) is 5.47. The molecule has 0 aliphatic carbocycles. The maximum atomic E-state index is 14.2. The van der Waals surface area contributed by atoms with Crippen molar-refractivity contribution < 1.29 is 13.2 Å². The van der Waals surface area contributed by atoms with Gasteiger partial charge in [-0.25, -0.2) is 9.78 Å². The predicted molar refractivity (Wildman–Crippen MR) is 111 cm³/mol. The van der Waals surface area contributed by atoms with Crippen LogP contribution in [-0.4, -0.2) is 18.5 Å². The predicted octanol–water partition coefficient (Wildman–Crippen LogP) is 3.72. The summed E-state index contributed by atoms with van der Waals surface area (Å²) in [6, 6.07) is 15.1. The lowest BCUT2D eigenvalue weighted by atomic mass is 10.1. The molecule has 2 aromatic carbocycles. The van der Waals surface area contributed by atoms with Gasteiger partial charge in [-0.15, -0.1) is 0 Å². The van der Waals surface area contributed by atoms with E-state index < -0.39 is 23.1 Å². The highest BCUT2D eigenvalue weighted by Gasteiger charge is 2.38. The summed E-state index contributed by atoms with van der Waals surface area (Å²) in [5, 5.41) is 0.0273. The van der Waals surface area contributed by atoms with E-state index in [2.05, 4.69) is 4.98 Å². The number of aromatic nitrogens is 4. The van der Waals surface area contributed by atoms with Crippen molar-refractivity contribution in [1.82, 2.24) is 18.5 Å². The molecule has 9 heteroatoms. The van der Waals surface area contributed by atoms with Gasteiger partial charge in [-0.1, -0.05) is 42.5 Å². The first-order valence-electron chi connectivity index (χ1n) is 9.37. The Hall–Kier alpha value is -3.88. The van der Waals surface area contributed by atoms with Gasteiger partial charge in [-0.05, 0) is 17.7 Å². The molecule has 0 atom stereocenters. The number of para-hydroxylation sites is 2. The Morgan fingerprint density at radius 2 is 1.48 bits per heavy atom. The van der Waals surface area contributed by atoms with Crippen molar-refractivity contribution in [1.29, 1.82) is 0 Å². The van der Waals surface area contributed by atoms with Crippen LogP contribution in [0.3, 0.4) is 0 Å². The van der Waals surface area contributed by atoms with Gasteiger partial charge < -0.3 is 4.40 Å². The van der Waals surface area contributed by atoms with Crippen LogP contribution >= 0.6 is 0 Å². The summed E-state index contributed by atoms with van der Waals surface area (Å²) in [6.07, 6.45) is -4.80. The average Bonchev–Trinajstić information content (AvgIpc) is 3.12. The van der Waals surface area contributed by atoms with Crippen LogP contribution in [0.4, 0.5) is 13.2 Å². The van der Waals surface area contributed by atoms with Gasteiger partial charge in [0, 0.05) is 14.1 Å². The SMILES string of the molecule is Cn1c(=O)c2c(-c3ccccc3)n3c4ccccc4nc(C(F)(F)F)c3c2n(C)c1=O. The summed E-state index contributed by atoms with van der Waals surface area (Å²) < 4.78 is 45.8. The number of aryl methyl sites for hydroxylation is 1. The van der Waals surface area contributed by atoms with Gasteiger partial charge in [0.05, 0.1) is 27.6 Å². The molecule has 0 bridgehead atoms. The number of rotatable bonds is 1. The molecule has 3 heterocycles. The number of fused-ring (bicyclic) bond motifs is 5. The van der Waals surface area contributed by atoms with E-state index in [9.17, 15) is 22.8 Å². The molecule has 0 spiro atoms. The van der Waals surface area contributed by atoms with Crippen LogP contribution in [0.1, 0.15) is 5.69 Å². The van der Waals surface area contributed by atoms with Gasteiger partial charge in [0.25, 0.3) is 5.56 Å². The van der Waals surface area contributed by atoms with E-state index in [-0.39, 0.29) is 27.6 Å². The Labute approximate surface area is 172 Å². The second-order valence-corrected chi connectivity index (χ2v) is 7.27. The van der Waals surface area contributed by atoms with Gasteiger partial charge in [0.1, 0.15) is 5.52 Å². The van der Waals surface area contributed by atoms with E-state index in [0.29, 0.717) is 11.1 Å². The van der Waals surface area contributed by atoms with Crippen LogP contribution < -0.4 is 11.2 Å². The van der Waals surface area contributed by atoms with E-state index in [1.54, 1.807) is 48.5 Å². The van der Waals surface area contributed by atoms with Gasteiger partial charge >= 0.3 is 11.9 Å². The van der Waals surface area contributed by atoms with Crippen LogP contribution in [0.15, 0.2) is 64.2 Å². The first-order chi connectivity index (χ1) is 14.7. The summed E-state index contributed by atoms with van der Waals surface area (Å²) >= 11 is 0. The molecule has 0 fully saturated rings. The Morgan fingerprint density at radius 3 is 2.16 bits per heavy atom. The molecule has 0 amide bonds. The number of benzene rings is 2. The Balaban J connectivity index is 2.26. The lowest BCUT2D eigenvalue weighted by Crippen LogP contribution is -2.36. The second-order valence-electron chi connectivity index (χ2n) is 7.27. The van der Waals surface area contributed by atoms with E-state index in [4.69, 9.17) is 0 Å². The summed E-state index contributed by atoms with van der Waals surface area (Å²) in [4.78, 5) is 29.7. The fourth-order valence-electron chi connectivity index (χ4n) is 4.11. The van der Waals surface area contributed by atoms with Crippen molar-refractivity contribution >= 4 is 27.5 Å². The maximum Gasteiger partial charge on any atom is 0.435 e. The molecular weight excluding hydrogens is 409 g/mol. The molecule has 31 heavy (non-hydrogen) atoms. The Morgan fingerprint density at radius 1 is 0.839 bits per heavy atom. The summed E-state index contributed by atoms with van der Waals surface area (Å²) in [7, 11) is 2.66. The maximum absolute atomic E-state index is 14.2. The highest BCUT2D eigenvalue weighted by atomic mass is 19.4. The Kier molecular flexibility index (Phi) is 3.89. The molecule has 156 valence electrons. The van der Waals surface area contributed by atoms with Crippen molar-refractivity contribution in [2.24, 2.45) is 14.1 Å². The average molecular weight is 424 g/mol. The van der Waals surface area contributed by atoms with Crippen LogP contribution in [0, 0.1) is 0 Å². The number of nitrogens with zero attached hydrogens (tertiary/aromatic N) is 4. The standard InChI is InChI=1S/C22H15F3N4O2/c1-27-17-15(20(30)28(2)21(27)31)16(12-8-4-3-5-9-12)29-14-11-7-6-10-13(14)26-19(18(17)29)22(23,24)25/h3-11H,1-2H3. The molecule has 3 aromatic heterocycles. The fourth-order valence-corrected chi connectivity index (χ4v) is 4.11. The molecule has 6 nitrogen and oxygen atoms in total. The molecule has 5 aromatic rings. The van der Waals surface area contributed by atoms with Crippen molar-refractivity contribution in [3.63, 3.8) is 0 Å². The van der Waals surface area contributed by atoms with Crippen molar-refractivity contribution in [3.05, 3.63) is 81.1 Å². The van der Waals surface area contributed by atoms with E-state index in [1.165, 1.54) is 24.6 Å². The topological polar surface area (TPSA) is 61.3 Å². The largest absolute Gasteiger partial charge is 0.435 e. The van der Waals surface area contributed by atoms with E-state index in [1.807, 2.05) is 0 Å². The third kappa shape index (κ3) is 2.56. The minimum atomic E-state index is -4.80. The first kappa shape index (κ1) is 19.1. The number of alkyl halides is 3. The molecule has 0 aliphatic rings. The highest BCUT2D eigenvalue weighted by molar-refractivity contribution is 6.07. The molecule has 5 rings (SSSR count). The minimum absolute atomic E-state index is 0.0273. The van der Waals surface area contributed by atoms with E-state index >= 15 is 0 Å². The number of hydrogen-bond donors (Lipinski definition) is 0. The van der Waals surface area contributed by atoms with Crippen molar-refractivity contribution in [2.45, 2.75) is 6.18 Å². The second kappa shape index (κ2) is 6.31. The molecule has 0 aliphatic heterocycles. The quantitative estimate of drug-likeness (QED) is 0.412. The molecule has 0 N–H and O–H groups in total. The lowest BCUT2D eigenvalue weighted by molar-refractivity contribution is -0.139. The summed E-state index contributed by atoms with van der Waals surface area (Å²) in [6.45, 7) is 0. The molecule has 0 saturated heterocycles. The molecule has 0 radical (unpaired) electrons. The van der Waals surface area contributed by atoms with Gasteiger partial charge in [0.15, 0.2) is 5.69 Å². The first-order valence-corrected chi connectivity index (χ1v) is 9.37. The summed E-state index contributed by atoms with van der Waals surface area (Å²) in [5.41, 5.74) is -1.60. The lowest BCUT2D eigenvalue weighted by Gasteiger charge is -2.13. The van der Waals surface area contributed by atoms with E-state index in [0.717, 1.165) is 9.13 Å².